The minimum Gasteiger partial charge on any atom is -0.335 e. The lowest BCUT2D eigenvalue weighted by Crippen LogP contribution is -2.08. The van der Waals surface area contributed by atoms with Gasteiger partial charge in [-0.1, -0.05) is 13.8 Å². The summed E-state index contributed by atoms with van der Waals surface area (Å²) >= 11 is 0. The highest BCUT2D eigenvalue weighted by atomic mass is 15.3. The lowest BCUT2D eigenvalue weighted by Gasteiger charge is -2.11. The highest BCUT2D eigenvalue weighted by molar-refractivity contribution is 5.56. The van der Waals surface area contributed by atoms with Crippen molar-refractivity contribution in [2.24, 2.45) is 0 Å². The summed E-state index contributed by atoms with van der Waals surface area (Å²) in [6.07, 6.45) is 12.8. The predicted molar refractivity (Wildman–Crippen MR) is 90.1 cm³/mol. The van der Waals surface area contributed by atoms with Gasteiger partial charge in [0.15, 0.2) is 0 Å². The zero-order chi connectivity index (χ0) is 16.2. The Morgan fingerprint density at radius 1 is 1.13 bits per heavy atom. The normalized spacial score (nSPS) is 11.5. The summed E-state index contributed by atoms with van der Waals surface area (Å²) in [5.41, 5.74) is 2.24. The monoisotopic (exact) mass is 312 g/mol. The van der Waals surface area contributed by atoms with Crippen LogP contribution >= 0.6 is 0 Å². The Hall–Kier alpha value is -2.37. The van der Waals surface area contributed by atoms with Gasteiger partial charge in [-0.2, -0.15) is 5.10 Å². The molecule has 0 fully saturated rings. The van der Waals surface area contributed by atoms with Crippen molar-refractivity contribution < 1.29 is 0 Å². The van der Waals surface area contributed by atoms with E-state index in [0.29, 0.717) is 5.92 Å². The predicted octanol–water partition coefficient (Wildman–Crippen LogP) is 3.18. The Morgan fingerprint density at radius 2 is 1.96 bits per heavy atom. The second-order valence-corrected chi connectivity index (χ2v) is 6.04. The van der Waals surface area contributed by atoms with E-state index in [-0.39, 0.29) is 0 Å². The Balaban J connectivity index is 1.65. The van der Waals surface area contributed by atoms with E-state index in [1.54, 1.807) is 0 Å². The standard InChI is InChI=1S/C17H24N6/c1-4-23-12-15(10-20-23)16-11-18-13-22(16)8-5-7-21-9-6-19-17(21)14(2)3/h6,9-14H,4-5,7-8H2,1-3H3. The molecule has 0 saturated carbocycles. The van der Waals surface area contributed by atoms with Crippen molar-refractivity contribution in [3.8, 4) is 11.3 Å². The lowest BCUT2D eigenvalue weighted by molar-refractivity contribution is 0.540. The van der Waals surface area contributed by atoms with Crippen molar-refractivity contribution in [2.45, 2.75) is 52.7 Å². The summed E-state index contributed by atoms with van der Waals surface area (Å²) in [7, 11) is 0. The largest absolute Gasteiger partial charge is 0.335 e. The molecular weight excluding hydrogens is 288 g/mol. The van der Waals surface area contributed by atoms with Gasteiger partial charge in [-0.25, -0.2) is 9.97 Å². The molecule has 0 saturated heterocycles. The molecule has 0 aliphatic heterocycles. The first-order valence-corrected chi connectivity index (χ1v) is 8.23. The molecule has 0 bridgehead atoms. The molecule has 3 heterocycles. The van der Waals surface area contributed by atoms with E-state index in [4.69, 9.17) is 0 Å². The smallest absolute Gasteiger partial charge is 0.111 e. The zero-order valence-corrected chi connectivity index (χ0v) is 14.1. The van der Waals surface area contributed by atoms with Crippen molar-refractivity contribution in [2.75, 3.05) is 0 Å². The van der Waals surface area contributed by atoms with Crippen molar-refractivity contribution in [3.05, 3.63) is 43.1 Å². The van der Waals surface area contributed by atoms with Gasteiger partial charge in [0.25, 0.3) is 0 Å². The van der Waals surface area contributed by atoms with Gasteiger partial charge in [0.2, 0.25) is 0 Å². The highest BCUT2D eigenvalue weighted by Gasteiger charge is 2.09. The van der Waals surface area contributed by atoms with Gasteiger partial charge in [0, 0.05) is 49.7 Å². The maximum Gasteiger partial charge on any atom is 0.111 e. The number of imidazole rings is 2. The minimum atomic E-state index is 0.452. The van der Waals surface area contributed by atoms with Crippen LogP contribution in [0.3, 0.4) is 0 Å². The molecule has 0 unspecified atom stereocenters. The van der Waals surface area contributed by atoms with Gasteiger partial charge in [0.1, 0.15) is 5.82 Å². The van der Waals surface area contributed by atoms with Gasteiger partial charge in [0.05, 0.1) is 24.4 Å². The van der Waals surface area contributed by atoms with Gasteiger partial charge in [-0.3, -0.25) is 4.68 Å². The molecule has 0 amide bonds. The molecule has 3 aromatic rings. The molecule has 0 aliphatic rings. The molecule has 122 valence electrons. The molecule has 0 spiro atoms. The molecule has 6 nitrogen and oxygen atoms in total. The van der Waals surface area contributed by atoms with Crippen LogP contribution in [0.15, 0.2) is 37.3 Å². The molecule has 0 N–H and O–H groups in total. The molecule has 6 heteroatoms. The molecule has 0 aromatic carbocycles. The Kier molecular flexibility index (Phi) is 4.60. The summed E-state index contributed by atoms with van der Waals surface area (Å²) in [5, 5.41) is 4.35. The first kappa shape index (κ1) is 15.5. The van der Waals surface area contributed by atoms with Crippen LogP contribution in [0.1, 0.15) is 38.9 Å². The lowest BCUT2D eigenvalue weighted by atomic mass is 10.2. The SMILES string of the molecule is CCn1cc(-c2cncn2CCCn2ccnc2C(C)C)cn1. The van der Waals surface area contributed by atoms with Crippen LogP contribution in [0.25, 0.3) is 11.3 Å². The number of rotatable bonds is 7. The van der Waals surface area contributed by atoms with E-state index >= 15 is 0 Å². The summed E-state index contributed by atoms with van der Waals surface area (Å²) < 4.78 is 6.38. The molecule has 23 heavy (non-hydrogen) atoms. The van der Waals surface area contributed by atoms with Crippen LogP contribution in [0, 0.1) is 0 Å². The van der Waals surface area contributed by atoms with Crippen molar-refractivity contribution in [1.82, 2.24) is 28.9 Å². The highest BCUT2D eigenvalue weighted by Crippen LogP contribution is 2.19. The fraction of sp³-hybridized carbons (Fsp3) is 0.471. The van der Waals surface area contributed by atoms with Gasteiger partial charge >= 0.3 is 0 Å². The van der Waals surface area contributed by atoms with E-state index in [2.05, 4.69) is 57.4 Å². The topological polar surface area (TPSA) is 53.5 Å². The zero-order valence-electron chi connectivity index (χ0n) is 14.1. The number of aromatic nitrogens is 6. The third-order valence-corrected chi connectivity index (χ3v) is 4.03. The Morgan fingerprint density at radius 3 is 2.70 bits per heavy atom. The molecule has 3 rings (SSSR count). The minimum absolute atomic E-state index is 0.452. The van der Waals surface area contributed by atoms with Crippen molar-refractivity contribution in [3.63, 3.8) is 0 Å². The van der Waals surface area contributed by atoms with Crippen LogP contribution in [0.4, 0.5) is 0 Å². The van der Waals surface area contributed by atoms with Crippen LogP contribution in [0.5, 0.6) is 0 Å². The first-order valence-electron chi connectivity index (χ1n) is 8.23. The van der Waals surface area contributed by atoms with Crippen molar-refractivity contribution in [1.29, 1.82) is 0 Å². The van der Waals surface area contributed by atoms with E-state index in [1.807, 2.05) is 29.6 Å². The van der Waals surface area contributed by atoms with Gasteiger partial charge in [-0.15, -0.1) is 0 Å². The molecule has 0 radical (unpaired) electrons. The average molecular weight is 312 g/mol. The third-order valence-electron chi connectivity index (χ3n) is 4.03. The summed E-state index contributed by atoms with van der Waals surface area (Å²) in [5.74, 6) is 1.61. The van der Waals surface area contributed by atoms with Crippen molar-refractivity contribution >= 4 is 0 Å². The van der Waals surface area contributed by atoms with Crippen LogP contribution < -0.4 is 0 Å². The summed E-state index contributed by atoms with van der Waals surface area (Å²) in [6, 6.07) is 0. The molecule has 0 atom stereocenters. The quantitative estimate of drug-likeness (QED) is 0.673. The van der Waals surface area contributed by atoms with E-state index < -0.39 is 0 Å². The average Bonchev–Trinajstić information content (AvgIpc) is 3.27. The number of aryl methyl sites for hydroxylation is 3. The van der Waals surface area contributed by atoms with Crippen LogP contribution in [-0.2, 0) is 19.6 Å². The molecule has 3 aromatic heterocycles. The first-order chi connectivity index (χ1) is 11.2. The Bertz CT molecular complexity index is 749. The second kappa shape index (κ2) is 6.81. The second-order valence-electron chi connectivity index (χ2n) is 6.04. The fourth-order valence-electron chi connectivity index (χ4n) is 2.83. The maximum absolute atomic E-state index is 4.44. The van der Waals surface area contributed by atoms with E-state index in [9.17, 15) is 0 Å². The maximum atomic E-state index is 4.44. The summed E-state index contributed by atoms with van der Waals surface area (Å²) in [6.45, 7) is 9.23. The van der Waals surface area contributed by atoms with Gasteiger partial charge < -0.3 is 9.13 Å². The third kappa shape index (κ3) is 3.36. The number of hydrogen-bond acceptors (Lipinski definition) is 3. The summed E-state index contributed by atoms with van der Waals surface area (Å²) in [4.78, 5) is 8.74. The molecule has 0 aliphatic carbocycles. The number of hydrogen-bond donors (Lipinski definition) is 0. The Labute approximate surface area is 136 Å². The van der Waals surface area contributed by atoms with E-state index in [1.165, 1.54) is 0 Å². The van der Waals surface area contributed by atoms with Crippen LogP contribution in [0.2, 0.25) is 0 Å². The fourth-order valence-corrected chi connectivity index (χ4v) is 2.83. The van der Waals surface area contributed by atoms with Gasteiger partial charge in [-0.05, 0) is 13.3 Å². The molecular formula is C17H24N6. The van der Waals surface area contributed by atoms with E-state index in [0.717, 1.165) is 43.1 Å². The van der Waals surface area contributed by atoms with Crippen LogP contribution in [-0.4, -0.2) is 28.9 Å². The number of nitrogens with zero attached hydrogens (tertiary/aromatic N) is 6.